The Morgan fingerprint density at radius 1 is 1.43 bits per heavy atom. The van der Waals surface area contributed by atoms with Crippen LogP contribution >= 0.6 is 7.60 Å². The van der Waals surface area contributed by atoms with E-state index >= 15 is 0 Å². The molecule has 0 bridgehead atoms. The van der Waals surface area contributed by atoms with Crippen molar-refractivity contribution in [1.29, 1.82) is 0 Å². The molecule has 0 unspecified atom stereocenters. The maximum atomic E-state index is 10.6. The second kappa shape index (κ2) is 5.24. The van der Waals surface area contributed by atoms with Gasteiger partial charge in [-0.2, -0.15) is 0 Å². The standard InChI is InChI=1S/C8H19N2O3P/c1-9-8-2-4-10(5-3-8)6-7-14(11,12)13/h8-9H,2-7H2,1H3,(H2,11,12,13). The fourth-order valence-corrected chi connectivity index (χ4v) is 2.26. The molecule has 0 spiro atoms. The minimum absolute atomic E-state index is 0.0166. The second-order valence-electron chi connectivity index (χ2n) is 3.79. The Hall–Kier alpha value is 0.0700. The molecule has 1 rings (SSSR count). The zero-order valence-electron chi connectivity index (χ0n) is 8.52. The molecule has 0 aromatic heterocycles. The van der Waals surface area contributed by atoms with Gasteiger partial charge in [0.15, 0.2) is 0 Å². The molecular formula is C8H19N2O3P. The van der Waals surface area contributed by atoms with Crippen molar-refractivity contribution < 1.29 is 14.4 Å². The summed E-state index contributed by atoms with van der Waals surface area (Å²) >= 11 is 0. The van der Waals surface area contributed by atoms with Crippen LogP contribution in [0.25, 0.3) is 0 Å². The molecule has 6 heteroatoms. The van der Waals surface area contributed by atoms with Crippen molar-refractivity contribution in [1.82, 2.24) is 10.2 Å². The molecule has 0 aromatic carbocycles. The van der Waals surface area contributed by atoms with Gasteiger partial charge in [0.2, 0.25) is 0 Å². The lowest BCUT2D eigenvalue weighted by Crippen LogP contribution is -2.42. The van der Waals surface area contributed by atoms with Gasteiger partial charge in [0, 0.05) is 12.6 Å². The number of hydrogen-bond donors (Lipinski definition) is 3. The Balaban J connectivity index is 2.19. The van der Waals surface area contributed by atoms with Crippen LogP contribution in [-0.4, -0.2) is 53.6 Å². The Morgan fingerprint density at radius 2 is 2.00 bits per heavy atom. The highest BCUT2D eigenvalue weighted by Crippen LogP contribution is 2.33. The first-order valence-electron chi connectivity index (χ1n) is 4.95. The van der Waals surface area contributed by atoms with Crippen LogP contribution in [0.1, 0.15) is 12.8 Å². The van der Waals surface area contributed by atoms with E-state index in [2.05, 4.69) is 10.2 Å². The molecule has 1 aliphatic rings. The summed E-state index contributed by atoms with van der Waals surface area (Å²) in [4.78, 5) is 19.6. The van der Waals surface area contributed by atoms with Crippen molar-refractivity contribution in [2.75, 3.05) is 32.8 Å². The van der Waals surface area contributed by atoms with Crippen molar-refractivity contribution in [2.45, 2.75) is 18.9 Å². The molecule has 0 amide bonds. The first kappa shape index (κ1) is 12.1. The third kappa shape index (κ3) is 4.53. The maximum absolute atomic E-state index is 10.6. The van der Waals surface area contributed by atoms with E-state index < -0.39 is 7.60 Å². The van der Waals surface area contributed by atoms with Gasteiger partial charge >= 0.3 is 7.60 Å². The maximum Gasteiger partial charge on any atom is 0.326 e. The minimum atomic E-state index is -3.81. The van der Waals surface area contributed by atoms with Crippen LogP contribution in [0.15, 0.2) is 0 Å². The lowest BCUT2D eigenvalue weighted by molar-refractivity contribution is 0.208. The third-order valence-corrected chi connectivity index (χ3v) is 3.49. The Labute approximate surface area is 84.6 Å². The molecule has 0 aromatic rings. The Morgan fingerprint density at radius 3 is 2.43 bits per heavy atom. The zero-order valence-corrected chi connectivity index (χ0v) is 9.41. The van der Waals surface area contributed by atoms with Gasteiger partial charge in [-0.15, -0.1) is 0 Å². The molecule has 0 saturated carbocycles. The lowest BCUT2D eigenvalue weighted by atomic mass is 10.1. The van der Waals surface area contributed by atoms with Gasteiger partial charge in [-0.1, -0.05) is 0 Å². The van der Waals surface area contributed by atoms with E-state index in [4.69, 9.17) is 9.79 Å². The second-order valence-corrected chi connectivity index (χ2v) is 5.57. The molecule has 5 nitrogen and oxygen atoms in total. The van der Waals surface area contributed by atoms with Crippen molar-refractivity contribution in [3.05, 3.63) is 0 Å². The molecular weight excluding hydrogens is 203 g/mol. The summed E-state index contributed by atoms with van der Waals surface area (Å²) < 4.78 is 10.6. The topological polar surface area (TPSA) is 72.8 Å². The van der Waals surface area contributed by atoms with E-state index in [-0.39, 0.29) is 6.16 Å². The minimum Gasteiger partial charge on any atom is -0.324 e. The number of piperidine rings is 1. The first-order valence-corrected chi connectivity index (χ1v) is 6.75. The molecule has 0 radical (unpaired) electrons. The molecule has 84 valence electrons. The number of nitrogens with one attached hydrogen (secondary N) is 1. The first-order chi connectivity index (χ1) is 6.51. The van der Waals surface area contributed by atoms with E-state index in [9.17, 15) is 4.57 Å². The van der Waals surface area contributed by atoms with Gasteiger partial charge in [-0.25, -0.2) is 0 Å². The quantitative estimate of drug-likeness (QED) is 0.577. The van der Waals surface area contributed by atoms with Gasteiger partial charge in [-0.3, -0.25) is 4.57 Å². The van der Waals surface area contributed by atoms with Crippen LogP contribution in [0.3, 0.4) is 0 Å². The van der Waals surface area contributed by atoms with Crippen LogP contribution in [-0.2, 0) is 4.57 Å². The molecule has 0 aliphatic carbocycles. The highest BCUT2D eigenvalue weighted by molar-refractivity contribution is 7.51. The Kier molecular flexibility index (Phi) is 4.54. The van der Waals surface area contributed by atoms with Gasteiger partial charge < -0.3 is 20.0 Å². The van der Waals surface area contributed by atoms with Crippen LogP contribution in [0.5, 0.6) is 0 Å². The molecule has 1 aliphatic heterocycles. The van der Waals surface area contributed by atoms with E-state index in [1.165, 1.54) is 0 Å². The molecule has 1 fully saturated rings. The predicted octanol–water partition coefficient (Wildman–Crippen LogP) is -0.152. The summed E-state index contributed by atoms with van der Waals surface area (Å²) in [7, 11) is -1.86. The highest BCUT2D eigenvalue weighted by Gasteiger charge is 2.20. The lowest BCUT2D eigenvalue weighted by Gasteiger charge is -2.31. The molecule has 14 heavy (non-hydrogen) atoms. The van der Waals surface area contributed by atoms with E-state index in [0.717, 1.165) is 25.9 Å². The van der Waals surface area contributed by atoms with Crippen molar-refractivity contribution in [3.63, 3.8) is 0 Å². The van der Waals surface area contributed by atoms with Crippen LogP contribution in [0, 0.1) is 0 Å². The SMILES string of the molecule is CNC1CCN(CCP(=O)(O)O)CC1. The summed E-state index contributed by atoms with van der Waals surface area (Å²) in [6.07, 6.45) is 2.12. The Bertz CT molecular complexity index is 211. The summed E-state index contributed by atoms with van der Waals surface area (Å²) in [6.45, 7) is 2.39. The van der Waals surface area contributed by atoms with Crippen molar-refractivity contribution in [3.8, 4) is 0 Å². The summed E-state index contributed by atoms with van der Waals surface area (Å²) in [5.74, 6) is 0. The normalized spacial score (nSPS) is 21.4. The molecule has 1 heterocycles. The molecule has 0 atom stereocenters. The van der Waals surface area contributed by atoms with E-state index in [1.54, 1.807) is 0 Å². The summed E-state index contributed by atoms with van der Waals surface area (Å²) in [5.41, 5.74) is 0. The van der Waals surface area contributed by atoms with Crippen molar-refractivity contribution >= 4 is 7.60 Å². The third-order valence-electron chi connectivity index (χ3n) is 2.70. The number of nitrogens with zero attached hydrogens (tertiary/aromatic N) is 1. The molecule has 3 N–H and O–H groups in total. The van der Waals surface area contributed by atoms with Gasteiger partial charge in [-0.05, 0) is 33.0 Å². The number of likely N-dealkylation sites (tertiary alicyclic amines) is 1. The smallest absolute Gasteiger partial charge is 0.324 e. The highest BCUT2D eigenvalue weighted by atomic mass is 31.2. The average molecular weight is 222 g/mol. The van der Waals surface area contributed by atoms with Crippen LogP contribution in [0.4, 0.5) is 0 Å². The largest absolute Gasteiger partial charge is 0.326 e. The van der Waals surface area contributed by atoms with E-state index in [0.29, 0.717) is 12.6 Å². The van der Waals surface area contributed by atoms with Gasteiger partial charge in [0.05, 0.1) is 6.16 Å². The number of hydrogen-bond acceptors (Lipinski definition) is 3. The average Bonchev–Trinajstić information content (AvgIpc) is 2.14. The summed E-state index contributed by atoms with van der Waals surface area (Å²) in [6, 6.07) is 0.571. The zero-order chi connectivity index (χ0) is 10.6. The fourth-order valence-electron chi connectivity index (χ4n) is 1.72. The summed E-state index contributed by atoms with van der Waals surface area (Å²) in [5, 5.41) is 3.22. The van der Waals surface area contributed by atoms with Crippen molar-refractivity contribution in [2.24, 2.45) is 0 Å². The molecule has 1 saturated heterocycles. The van der Waals surface area contributed by atoms with E-state index in [1.807, 2.05) is 7.05 Å². The van der Waals surface area contributed by atoms with Crippen LogP contribution in [0.2, 0.25) is 0 Å². The van der Waals surface area contributed by atoms with Crippen LogP contribution < -0.4 is 5.32 Å². The predicted molar refractivity (Wildman–Crippen MR) is 55.4 cm³/mol. The van der Waals surface area contributed by atoms with Gasteiger partial charge in [0.1, 0.15) is 0 Å². The fraction of sp³-hybridized carbons (Fsp3) is 1.00. The monoisotopic (exact) mass is 222 g/mol. The van der Waals surface area contributed by atoms with Gasteiger partial charge in [0.25, 0.3) is 0 Å². The number of rotatable bonds is 4.